The Bertz CT molecular complexity index is 1120. The van der Waals surface area contributed by atoms with Crippen molar-refractivity contribution in [3.8, 4) is 5.75 Å². The number of nitrogens with zero attached hydrogens (tertiary/aromatic N) is 2. The van der Waals surface area contributed by atoms with Crippen molar-refractivity contribution in [2.75, 3.05) is 38.3 Å². The summed E-state index contributed by atoms with van der Waals surface area (Å²) in [6.45, 7) is 8.04. The average Bonchev–Trinajstić information content (AvgIpc) is 3.06. The molecule has 1 fully saturated rings. The minimum atomic E-state index is -0.670. The number of aliphatic hydroxyl groups is 1. The van der Waals surface area contributed by atoms with Gasteiger partial charge in [0.15, 0.2) is 0 Å². The van der Waals surface area contributed by atoms with Gasteiger partial charge in [-0.05, 0) is 51.0 Å². The average molecular weight is 465 g/mol. The Kier molecular flexibility index (Phi) is 6.93. The van der Waals surface area contributed by atoms with Crippen molar-refractivity contribution in [2.45, 2.75) is 39.3 Å². The second kappa shape index (κ2) is 9.89. The Hall–Kier alpha value is -3.32. The molecule has 2 aromatic carbocycles. The molecule has 4 rings (SSSR count). The van der Waals surface area contributed by atoms with E-state index >= 15 is 0 Å². The molecule has 0 aliphatic carbocycles. The number of likely N-dealkylation sites (tertiary alicyclic amines) is 1. The molecule has 2 aliphatic rings. The van der Waals surface area contributed by atoms with Crippen LogP contribution in [0.1, 0.15) is 43.0 Å². The van der Waals surface area contributed by atoms with E-state index in [1.807, 2.05) is 57.0 Å². The zero-order chi connectivity index (χ0) is 24.4. The van der Waals surface area contributed by atoms with Crippen molar-refractivity contribution >= 4 is 23.1 Å². The van der Waals surface area contributed by atoms with Crippen LogP contribution >= 0.6 is 0 Å². The van der Waals surface area contributed by atoms with E-state index in [-0.39, 0.29) is 17.4 Å². The highest BCUT2D eigenvalue weighted by Gasteiger charge is 2.45. The van der Waals surface area contributed by atoms with Crippen molar-refractivity contribution < 1.29 is 24.2 Å². The number of benzene rings is 2. The van der Waals surface area contributed by atoms with Gasteiger partial charge in [0.05, 0.1) is 30.0 Å². The Labute approximate surface area is 200 Å². The molecule has 2 aromatic rings. The molecule has 0 bridgehead atoms. The minimum Gasteiger partial charge on any atom is -0.507 e. The largest absolute Gasteiger partial charge is 0.507 e. The maximum Gasteiger partial charge on any atom is 0.295 e. The Morgan fingerprint density at radius 2 is 2.00 bits per heavy atom. The van der Waals surface area contributed by atoms with Crippen molar-refractivity contribution in [1.29, 1.82) is 0 Å². The van der Waals surface area contributed by atoms with E-state index in [2.05, 4.69) is 0 Å². The summed E-state index contributed by atoms with van der Waals surface area (Å²) < 4.78 is 11.3. The summed E-state index contributed by atoms with van der Waals surface area (Å²) in [5.74, 6) is -0.717. The van der Waals surface area contributed by atoms with E-state index in [0.717, 1.165) is 29.1 Å². The lowest BCUT2D eigenvalue weighted by atomic mass is 9.94. The van der Waals surface area contributed by atoms with E-state index in [1.54, 1.807) is 23.1 Å². The standard InChI is InChI=1S/C27H32N2O5/c1-17(2)33-13-6-11-29-24(19-8-5-7-18(3)15-19)23(26(31)27(29)32)25(30)20-9-10-22-21(16-20)28(4)12-14-34-22/h5,7-10,15-17,24,30H,6,11-14H2,1-4H3/b25-23-. The van der Waals surface area contributed by atoms with Crippen LogP contribution in [-0.2, 0) is 14.3 Å². The summed E-state index contributed by atoms with van der Waals surface area (Å²) >= 11 is 0. The lowest BCUT2D eigenvalue weighted by Crippen LogP contribution is -2.31. The van der Waals surface area contributed by atoms with E-state index < -0.39 is 17.7 Å². The molecule has 2 aliphatic heterocycles. The topological polar surface area (TPSA) is 79.3 Å². The Morgan fingerprint density at radius 3 is 2.74 bits per heavy atom. The van der Waals surface area contributed by atoms with E-state index in [1.165, 1.54) is 0 Å². The van der Waals surface area contributed by atoms with Gasteiger partial charge in [-0.1, -0.05) is 29.8 Å². The minimum absolute atomic E-state index is 0.0918. The molecule has 1 unspecified atom stereocenters. The third-order valence-corrected chi connectivity index (χ3v) is 6.22. The number of amides is 1. The van der Waals surface area contributed by atoms with Gasteiger partial charge in [0.2, 0.25) is 0 Å². The fourth-order valence-electron chi connectivity index (χ4n) is 4.50. The third-order valence-electron chi connectivity index (χ3n) is 6.22. The predicted octanol–water partition coefficient (Wildman–Crippen LogP) is 4.06. The van der Waals surface area contributed by atoms with Crippen LogP contribution in [-0.4, -0.2) is 61.2 Å². The van der Waals surface area contributed by atoms with Gasteiger partial charge in [-0.2, -0.15) is 0 Å². The first-order valence-electron chi connectivity index (χ1n) is 11.7. The molecule has 180 valence electrons. The first kappa shape index (κ1) is 23.8. The van der Waals surface area contributed by atoms with Crippen molar-refractivity contribution in [2.24, 2.45) is 0 Å². The monoisotopic (exact) mass is 464 g/mol. The van der Waals surface area contributed by atoms with Gasteiger partial charge in [0, 0.05) is 25.8 Å². The predicted molar refractivity (Wildman–Crippen MR) is 131 cm³/mol. The Balaban J connectivity index is 1.76. The van der Waals surface area contributed by atoms with Crippen LogP contribution in [0.3, 0.4) is 0 Å². The van der Waals surface area contributed by atoms with Gasteiger partial charge in [0.1, 0.15) is 18.1 Å². The molecule has 34 heavy (non-hydrogen) atoms. The number of aliphatic hydroxyl groups excluding tert-OH is 1. The highest BCUT2D eigenvalue weighted by Crippen LogP contribution is 2.41. The maximum absolute atomic E-state index is 13.2. The molecule has 1 N–H and O–H groups in total. The summed E-state index contributed by atoms with van der Waals surface area (Å²) in [5, 5.41) is 11.4. The van der Waals surface area contributed by atoms with Crippen LogP contribution in [0.4, 0.5) is 5.69 Å². The van der Waals surface area contributed by atoms with E-state index in [9.17, 15) is 14.7 Å². The first-order valence-corrected chi connectivity index (χ1v) is 11.7. The van der Waals surface area contributed by atoms with Gasteiger partial charge < -0.3 is 24.4 Å². The number of ether oxygens (including phenoxy) is 2. The number of rotatable bonds is 7. The SMILES string of the molecule is Cc1cccc(C2/C(=C(/O)c3ccc4c(c3)N(C)CCO4)C(=O)C(=O)N2CCCOC(C)C)c1. The normalized spacial score (nSPS) is 19.5. The second-order valence-electron chi connectivity index (χ2n) is 9.13. The number of ketones is 1. The number of hydrogen-bond donors (Lipinski definition) is 1. The van der Waals surface area contributed by atoms with Crippen LogP contribution in [0, 0.1) is 6.92 Å². The zero-order valence-corrected chi connectivity index (χ0v) is 20.2. The quantitative estimate of drug-likeness (QED) is 0.288. The molecular formula is C27H32N2O5. The lowest BCUT2D eigenvalue weighted by Gasteiger charge is -2.28. The molecule has 1 atom stereocenters. The zero-order valence-electron chi connectivity index (χ0n) is 20.2. The van der Waals surface area contributed by atoms with E-state index in [4.69, 9.17) is 9.47 Å². The number of carbonyl (C=O) groups is 2. The van der Waals surface area contributed by atoms with Crippen LogP contribution in [0.25, 0.3) is 5.76 Å². The fraction of sp³-hybridized carbons (Fsp3) is 0.407. The van der Waals surface area contributed by atoms with E-state index in [0.29, 0.717) is 31.7 Å². The molecule has 0 radical (unpaired) electrons. The van der Waals surface area contributed by atoms with Gasteiger partial charge in [0.25, 0.3) is 11.7 Å². The molecule has 0 spiro atoms. The van der Waals surface area contributed by atoms with Gasteiger partial charge in [-0.25, -0.2) is 0 Å². The molecule has 2 heterocycles. The number of aryl methyl sites for hydroxylation is 1. The van der Waals surface area contributed by atoms with Crippen LogP contribution < -0.4 is 9.64 Å². The van der Waals surface area contributed by atoms with Crippen molar-refractivity contribution in [3.05, 3.63) is 64.7 Å². The van der Waals surface area contributed by atoms with Crippen molar-refractivity contribution in [1.82, 2.24) is 4.90 Å². The van der Waals surface area contributed by atoms with Crippen LogP contribution in [0.15, 0.2) is 48.0 Å². The number of carbonyl (C=O) groups excluding carboxylic acids is 2. The first-order chi connectivity index (χ1) is 16.3. The lowest BCUT2D eigenvalue weighted by molar-refractivity contribution is -0.140. The molecule has 7 nitrogen and oxygen atoms in total. The van der Waals surface area contributed by atoms with Gasteiger partial charge in [-0.3, -0.25) is 9.59 Å². The summed E-state index contributed by atoms with van der Waals surface area (Å²) in [5.41, 5.74) is 3.24. The number of anilines is 1. The molecule has 0 aromatic heterocycles. The van der Waals surface area contributed by atoms with Crippen LogP contribution in [0.2, 0.25) is 0 Å². The summed E-state index contributed by atoms with van der Waals surface area (Å²) in [6, 6.07) is 12.4. The van der Waals surface area contributed by atoms with Gasteiger partial charge >= 0.3 is 0 Å². The molecule has 1 amide bonds. The molecular weight excluding hydrogens is 432 g/mol. The molecule has 7 heteroatoms. The van der Waals surface area contributed by atoms with Crippen molar-refractivity contribution in [3.63, 3.8) is 0 Å². The van der Waals surface area contributed by atoms with Crippen LogP contribution in [0.5, 0.6) is 5.75 Å². The number of Topliss-reactive ketones (excluding diaryl/α,β-unsaturated/α-hetero) is 1. The maximum atomic E-state index is 13.2. The third kappa shape index (κ3) is 4.66. The molecule has 1 saturated heterocycles. The molecule has 0 saturated carbocycles. The second-order valence-corrected chi connectivity index (χ2v) is 9.13. The number of likely N-dealkylation sites (N-methyl/N-ethyl adjacent to an activating group) is 1. The highest BCUT2D eigenvalue weighted by molar-refractivity contribution is 6.46. The fourth-order valence-corrected chi connectivity index (χ4v) is 4.50. The van der Waals surface area contributed by atoms with Gasteiger partial charge in [-0.15, -0.1) is 0 Å². The smallest absolute Gasteiger partial charge is 0.295 e. The number of fused-ring (bicyclic) bond motifs is 1. The number of hydrogen-bond acceptors (Lipinski definition) is 6. The summed E-state index contributed by atoms with van der Waals surface area (Å²) in [7, 11) is 1.95. The Morgan fingerprint density at radius 1 is 1.21 bits per heavy atom. The summed E-state index contributed by atoms with van der Waals surface area (Å²) in [6.07, 6.45) is 0.684. The highest BCUT2D eigenvalue weighted by atomic mass is 16.5. The summed E-state index contributed by atoms with van der Waals surface area (Å²) in [4.78, 5) is 29.9.